The Morgan fingerprint density at radius 2 is 1.92 bits per heavy atom. The van der Waals surface area contributed by atoms with Gasteiger partial charge in [-0.25, -0.2) is 9.50 Å². The Morgan fingerprint density at radius 3 is 2.59 bits per heavy atom. The fraction of sp³-hybridized carbons (Fsp3) is 0.586. The van der Waals surface area contributed by atoms with E-state index in [9.17, 15) is 11.0 Å². The van der Waals surface area contributed by atoms with E-state index in [0.717, 1.165) is 4.52 Å². The summed E-state index contributed by atoms with van der Waals surface area (Å²) in [5.41, 5.74) is -6.43. The van der Waals surface area contributed by atoms with E-state index in [-0.39, 0.29) is 5.78 Å². The fourth-order valence-electron chi connectivity index (χ4n) is 4.20. The number of cyclic esters (lactones) is 1. The highest BCUT2D eigenvalue weighted by molar-refractivity contribution is 6.01. The van der Waals surface area contributed by atoms with Gasteiger partial charge in [-0.05, 0) is 81.8 Å². The van der Waals surface area contributed by atoms with Crippen LogP contribution in [0.15, 0.2) is 18.2 Å². The first-order valence-electron chi connectivity index (χ1n) is 22.6. The maximum absolute atomic E-state index is 14.3. The van der Waals surface area contributed by atoms with E-state index >= 15 is 0 Å². The molecule has 0 aromatic carbocycles. The average Bonchev–Trinajstić information content (AvgIpc) is 3.52. The van der Waals surface area contributed by atoms with Gasteiger partial charge in [0.25, 0.3) is 5.78 Å². The first-order valence-corrected chi connectivity index (χ1v) is 11.1. The molecule has 0 bridgehead atoms. The lowest BCUT2D eigenvalue weighted by molar-refractivity contribution is -0.185. The molecule has 0 amide bonds. The molecule has 1 unspecified atom stereocenters. The number of carbonyl (C=O) groups excluding carboxylic acids is 2. The van der Waals surface area contributed by atoms with Crippen LogP contribution in [0.4, 0.5) is 0 Å². The van der Waals surface area contributed by atoms with Crippen molar-refractivity contribution in [3.8, 4) is 0 Å². The third-order valence-electron chi connectivity index (χ3n) is 5.88. The first kappa shape index (κ1) is 9.86. The summed E-state index contributed by atoms with van der Waals surface area (Å²) in [5.74, 6) is -11.0. The smallest absolute Gasteiger partial charge is 0.317 e. The number of hydrogen-bond acceptors (Lipinski definition) is 7. The summed E-state index contributed by atoms with van der Waals surface area (Å²) in [6.45, 7) is -4.20. The minimum atomic E-state index is -4.08. The van der Waals surface area contributed by atoms with Crippen LogP contribution in [-0.4, -0.2) is 41.9 Å². The Bertz CT molecular complexity index is 2190. The molecular weight excluding hydrogens is 466 g/mol. The van der Waals surface area contributed by atoms with Gasteiger partial charge in [0.05, 0.1) is 2.74 Å². The molecule has 1 saturated carbocycles. The first-order chi connectivity index (χ1) is 26.7. The number of rotatable bonds is 8. The average molecular weight is 527 g/mol. The summed E-state index contributed by atoms with van der Waals surface area (Å²) in [6.07, 6.45) is -30.8. The lowest BCUT2D eigenvalue weighted by Crippen LogP contribution is -2.52. The number of ether oxygens (including phenoxy) is 1. The Morgan fingerprint density at radius 1 is 1.19 bits per heavy atom. The minimum Gasteiger partial charge on any atom is -0.458 e. The predicted octanol–water partition coefficient (Wildman–Crippen LogP) is 4.50. The summed E-state index contributed by atoms with van der Waals surface area (Å²) >= 11 is 0. The number of aromatic nitrogens is 5. The van der Waals surface area contributed by atoms with E-state index in [4.69, 9.17) is 34.9 Å². The van der Waals surface area contributed by atoms with Gasteiger partial charge in [-0.1, -0.05) is 26.4 Å². The molecule has 4 heterocycles. The van der Waals surface area contributed by atoms with E-state index in [2.05, 4.69) is 20.1 Å². The van der Waals surface area contributed by atoms with Gasteiger partial charge in [0.15, 0.2) is 11.6 Å². The molecule has 2 aliphatic rings. The van der Waals surface area contributed by atoms with E-state index in [0.29, 0.717) is 11.4 Å². The summed E-state index contributed by atoms with van der Waals surface area (Å²) in [6, 6.07) is -1.02. The molecule has 0 N–H and O–H groups in total. The SMILES string of the molecule is [2H]c1c(C([2H])([2H])C([2H])([2H])[2H])nc(C([2H])([2H])C([2H])([2H])[2H])c([2H])c1CC[C@]1(C2([2H])C([2H])([2H])C([2H])([2H])C([2H])([2H])C2([2H])[2H])CC(=O)C(C([2H])([2H])c2nc3nc(C)cc(C)n3n2)C(=O)O1. The van der Waals surface area contributed by atoms with Crippen LogP contribution in [0.1, 0.15) is 118 Å². The van der Waals surface area contributed by atoms with E-state index in [1.54, 1.807) is 19.9 Å². The molecule has 1 aliphatic heterocycles. The number of Topliss-reactive ketones (excluding diaryl/α,β-unsaturated/α-hetero) is 1. The summed E-state index contributed by atoms with van der Waals surface area (Å²) in [4.78, 5) is 40.1. The number of nitrogens with zero attached hydrogens (tertiary/aromatic N) is 5. The van der Waals surface area contributed by atoms with Gasteiger partial charge in [0.2, 0.25) is 0 Å². The van der Waals surface area contributed by atoms with Crippen LogP contribution < -0.4 is 0 Å². The number of aryl methyl sites for hydroxylation is 4. The molecule has 8 nitrogen and oxygen atoms in total. The summed E-state index contributed by atoms with van der Waals surface area (Å²) in [7, 11) is 0. The van der Waals surface area contributed by atoms with Crippen LogP contribution in [0.25, 0.3) is 5.78 Å². The van der Waals surface area contributed by atoms with Crippen LogP contribution in [0.2, 0.25) is 0 Å². The Kier molecular flexibility index (Phi) is 2.75. The Hall–Kier alpha value is -3.16. The lowest BCUT2D eigenvalue weighted by Gasteiger charge is -2.43. The molecule has 0 spiro atoms. The third-order valence-corrected chi connectivity index (χ3v) is 5.88. The van der Waals surface area contributed by atoms with Crippen molar-refractivity contribution in [2.45, 2.75) is 97.0 Å². The topological polar surface area (TPSA) is 99.3 Å². The third kappa shape index (κ3) is 5.15. The van der Waals surface area contributed by atoms with Crippen molar-refractivity contribution in [3.05, 3.63) is 52.3 Å². The molecule has 196 valence electrons. The molecule has 1 saturated heterocycles. The van der Waals surface area contributed by atoms with Crippen LogP contribution in [0.5, 0.6) is 0 Å². The zero-order valence-electron chi connectivity index (χ0n) is 42.7. The maximum Gasteiger partial charge on any atom is 0.317 e. The van der Waals surface area contributed by atoms with Gasteiger partial charge in [-0.3, -0.25) is 14.6 Å². The molecule has 3 aromatic rings. The minimum absolute atomic E-state index is 0.154. The second-order valence-electron chi connectivity index (χ2n) is 8.48. The maximum atomic E-state index is 14.3. The molecular formula is C29H37N5O3. The summed E-state index contributed by atoms with van der Waals surface area (Å²) in [5, 5.41) is 4.03. The van der Waals surface area contributed by atoms with Gasteiger partial charge in [0.1, 0.15) is 11.5 Å². The van der Waals surface area contributed by atoms with Crippen LogP contribution in [0.3, 0.4) is 0 Å². The number of ketones is 1. The molecule has 37 heavy (non-hydrogen) atoms. The highest BCUT2D eigenvalue weighted by Gasteiger charge is 2.51. The summed E-state index contributed by atoms with van der Waals surface area (Å²) < 4.78 is 200. The van der Waals surface area contributed by atoms with Crippen molar-refractivity contribution < 1.29 is 45.9 Å². The van der Waals surface area contributed by atoms with Gasteiger partial charge in [-0.15, -0.1) is 5.10 Å². The molecule has 8 heteroatoms. The number of pyridine rings is 1. The van der Waals surface area contributed by atoms with E-state index in [1.807, 2.05) is 0 Å². The zero-order valence-corrected chi connectivity index (χ0v) is 19.7. The monoisotopic (exact) mass is 526 g/mol. The van der Waals surface area contributed by atoms with Crippen molar-refractivity contribution in [1.82, 2.24) is 24.6 Å². The van der Waals surface area contributed by atoms with Gasteiger partial charge in [0, 0.05) is 64.4 Å². The van der Waals surface area contributed by atoms with Crippen LogP contribution in [0, 0.1) is 25.7 Å². The van der Waals surface area contributed by atoms with Crippen molar-refractivity contribution in [1.29, 1.82) is 0 Å². The van der Waals surface area contributed by atoms with Crippen LogP contribution in [-0.2, 0) is 39.9 Å². The largest absolute Gasteiger partial charge is 0.458 e. The van der Waals surface area contributed by atoms with Crippen molar-refractivity contribution in [2.75, 3.05) is 0 Å². The number of carbonyl (C=O) groups is 2. The zero-order chi connectivity index (χ0) is 46.4. The highest BCUT2D eigenvalue weighted by atomic mass is 16.6. The van der Waals surface area contributed by atoms with E-state index < -0.39 is 142 Å². The second kappa shape index (κ2) is 10.3. The molecule has 2 fully saturated rings. The quantitative estimate of drug-likeness (QED) is 0.315. The standard InChI is InChI=1S/C29H37N5O3/c1-5-22-14-20(15-23(6-2)31-22)11-12-29(21-9-7-8-10-21)17-25(35)24(27(36)37-29)16-26-32-28-30-18(3)13-19(4)34(28)33-26/h13-15,21,24H,5-12,16-17H2,1-4H3/t24?,29-/m1/s1/i1D3,2D3,5D2,6D2,7D2,8D2,9D2,10D2,14D,15D,16D2,21D. The van der Waals surface area contributed by atoms with Gasteiger partial charge in [-0.2, -0.15) is 4.98 Å². The van der Waals surface area contributed by atoms with Crippen molar-refractivity contribution in [3.63, 3.8) is 0 Å². The fourth-order valence-corrected chi connectivity index (χ4v) is 4.20. The predicted molar refractivity (Wildman–Crippen MR) is 139 cm³/mol. The second-order valence-corrected chi connectivity index (χ2v) is 8.48. The highest BCUT2D eigenvalue weighted by Crippen LogP contribution is 2.45. The van der Waals surface area contributed by atoms with Crippen LogP contribution >= 0.6 is 0 Å². The number of esters is 1. The Labute approximate surface area is 250 Å². The van der Waals surface area contributed by atoms with Gasteiger partial charge < -0.3 is 4.74 Å². The Balaban J connectivity index is 1.77. The lowest BCUT2D eigenvalue weighted by atomic mass is 9.73. The number of fused-ring (bicyclic) bond motifs is 1. The van der Waals surface area contributed by atoms with E-state index in [1.165, 1.54) is 0 Å². The molecule has 0 radical (unpaired) electrons. The number of hydrogen-bond donors (Lipinski definition) is 0. The molecule has 1 aliphatic carbocycles. The molecule has 2 atom stereocenters. The van der Waals surface area contributed by atoms with Crippen molar-refractivity contribution >= 4 is 17.5 Å². The molecule has 3 aromatic heterocycles. The van der Waals surface area contributed by atoms with Gasteiger partial charge >= 0.3 is 5.97 Å². The normalized spacial score (nSPS) is 39.9. The van der Waals surface area contributed by atoms with Crippen molar-refractivity contribution in [2.24, 2.45) is 11.8 Å². The molecule has 5 rings (SSSR count).